The topological polar surface area (TPSA) is 38.3 Å². The van der Waals surface area contributed by atoms with Crippen LogP contribution in [0.2, 0.25) is 0 Å². The van der Waals surface area contributed by atoms with E-state index in [1.807, 2.05) is 13.8 Å². The number of nitrogens with one attached hydrogen (secondary N) is 1. The highest BCUT2D eigenvalue weighted by atomic mass is 19.1. The van der Waals surface area contributed by atoms with Gasteiger partial charge in [-0.15, -0.1) is 0 Å². The van der Waals surface area contributed by atoms with Gasteiger partial charge in [0.15, 0.2) is 0 Å². The summed E-state index contributed by atoms with van der Waals surface area (Å²) in [6, 6.07) is 6.20. The molecule has 17 heavy (non-hydrogen) atoms. The number of rotatable bonds is 5. The van der Waals surface area contributed by atoms with Crippen LogP contribution in [0.3, 0.4) is 0 Å². The molecule has 0 fully saturated rings. The number of methoxy groups -OCH3 is 1. The summed E-state index contributed by atoms with van der Waals surface area (Å²) in [5.74, 6) is -1.03. The maximum Gasteiger partial charge on any atom is 0.314 e. The first-order chi connectivity index (χ1) is 8.04. The largest absolute Gasteiger partial charge is 0.469 e. The van der Waals surface area contributed by atoms with Crippen molar-refractivity contribution in [2.45, 2.75) is 25.8 Å². The van der Waals surface area contributed by atoms with Gasteiger partial charge in [-0.2, -0.15) is 0 Å². The molecule has 0 spiro atoms. The van der Waals surface area contributed by atoms with Gasteiger partial charge in [-0.25, -0.2) is 4.39 Å². The van der Waals surface area contributed by atoms with E-state index in [0.29, 0.717) is 6.54 Å². The molecule has 0 saturated heterocycles. The van der Waals surface area contributed by atoms with E-state index in [-0.39, 0.29) is 17.8 Å². The van der Waals surface area contributed by atoms with Crippen molar-refractivity contribution in [1.29, 1.82) is 0 Å². The minimum absolute atomic E-state index is 0.280. The van der Waals surface area contributed by atoms with Crippen LogP contribution in [0.25, 0.3) is 0 Å². The molecule has 94 valence electrons. The fraction of sp³-hybridized carbons (Fsp3) is 0.462. The molecule has 0 heterocycles. The zero-order valence-corrected chi connectivity index (χ0v) is 10.4. The van der Waals surface area contributed by atoms with Crippen LogP contribution >= 0.6 is 0 Å². The van der Waals surface area contributed by atoms with Crippen LogP contribution in [0, 0.1) is 5.82 Å². The van der Waals surface area contributed by atoms with E-state index in [9.17, 15) is 9.18 Å². The van der Waals surface area contributed by atoms with Crippen LogP contribution in [0.15, 0.2) is 24.3 Å². The van der Waals surface area contributed by atoms with E-state index in [1.165, 1.54) is 19.2 Å². The fourth-order valence-corrected chi connectivity index (χ4v) is 1.53. The number of esters is 1. The molecule has 0 aliphatic heterocycles. The van der Waals surface area contributed by atoms with E-state index < -0.39 is 5.92 Å². The number of hydrogen-bond donors (Lipinski definition) is 1. The van der Waals surface area contributed by atoms with Gasteiger partial charge in [0.25, 0.3) is 0 Å². The molecule has 1 unspecified atom stereocenters. The van der Waals surface area contributed by atoms with Gasteiger partial charge in [-0.1, -0.05) is 26.0 Å². The second-order valence-electron chi connectivity index (χ2n) is 4.19. The summed E-state index contributed by atoms with van der Waals surface area (Å²) in [4.78, 5) is 11.7. The Kier molecular flexibility index (Phi) is 5.10. The zero-order chi connectivity index (χ0) is 12.8. The van der Waals surface area contributed by atoms with Crippen LogP contribution in [-0.2, 0) is 9.53 Å². The number of benzene rings is 1. The van der Waals surface area contributed by atoms with Gasteiger partial charge in [-0.05, 0) is 17.7 Å². The SMILES string of the molecule is COC(=O)C(CNC(C)C)c1ccc(F)cc1. The lowest BCUT2D eigenvalue weighted by molar-refractivity contribution is -0.142. The van der Waals surface area contributed by atoms with E-state index >= 15 is 0 Å². The Balaban J connectivity index is 2.82. The first kappa shape index (κ1) is 13.6. The lowest BCUT2D eigenvalue weighted by Crippen LogP contribution is -2.32. The summed E-state index contributed by atoms with van der Waals surface area (Å²) >= 11 is 0. The van der Waals surface area contributed by atoms with Crippen LogP contribution in [0.1, 0.15) is 25.3 Å². The third kappa shape index (κ3) is 4.15. The second kappa shape index (κ2) is 6.35. The molecule has 1 aromatic rings. The molecular weight excluding hydrogens is 221 g/mol. The predicted molar refractivity (Wildman–Crippen MR) is 64.3 cm³/mol. The predicted octanol–water partition coefficient (Wildman–Crippen LogP) is 2.08. The molecule has 1 aromatic carbocycles. The van der Waals surface area contributed by atoms with Gasteiger partial charge >= 0.3 is 5.97 Å². The maximum atomic E-state index is 12.8. The third-order valence-electron chi connectivity index (χ3n) is 2.49. The van der Waals surface area contributed by atoms with Crippen molar-refractivity contribution in [2.75, 3.05) is 13.7 Å². The van der Waals surface area contributed by atoms with Crippen LogP contribution < -0.4 is 5.32 Å². The van der Waals surface area contributed by atoms with Crippen molar-refractivity contribution in [1.82, 2.24) is 5.32 Å². The molecule has 1 N–H and O–H groups in total. The summed E-state index contributed by atoms with van der Waals surface area (Å²) in [7, 11) is 1.36. The maximum absolute atomic E-state index is 12.8. The number of carbonyl (C=O) groups excluding carboxylic acids is 1. The molecule has 0 bridgehead atoms. The van der Waals surface area contributed by atoms with Crippen molar-refractivity contribution in [2.24, 2.45) is 0 Å². The van der Waals surface area contributed by atoms with E-state index in [0.717, 1.165) is 5.56 Å². The second-order valence-corrected chi connectivity index (χ2v) is 4.19. The summed E-state index contributed by atoms with van der Waals surface area (Å²) < 4.78 is 17.6. The average molecular weight is 239 g/mol. The lowest BCUT2D eigenvalue weighted by atomic mass is 9.99. The van der Waals surface area contributed by atoms with Crippen LogP contribution in [0.4, 0.5) is 4.39 Å². The molecule has 0 aliphatic carbocycles. The van der Waals surface area contributed by atoms with Gasteiger partial charge < -0.3 is 10.1 Å². The monoisotopic (exact) mass is 239 g/mol. The highest BCUT2D eigenvalue weighted by Crippen LogP contribution is 2.17. The Labute approximate surface area is 101 Å². The third-order valence-corrected chi connectivity index (χ3v) is 2.49. The number of halogens is 1. The van der Waals surface area contributed by atoms with Crippen molar-refractivity contribution < 1.29 is 13.9 Å². The average Bonchev–Trinajstić information content (AvgIpc) is 2.30. The zero-order valence-electron chi connectivity index (χ0n) is 10.4. The summed E-state index contributed by atoms with van der Waals surface area (Å²) in [6.45, 7) is 4.48. The smallest absolute Gasteiger partial charge is 0.314 e. The standard InChI is InChI=1S/C13H18FNO2/c1-9(2)15-8-12(13(16)17-3)10-4-6-11(14)7-5-10/h4-7,9,12,15H,8H2,1-3H3. The Morgan fingerprint density at radius 3 is 2.41 bits per heavy atom. The van der Waals surface area contributed by atoms with Gasteiger partial charge in [0.2, 0.25) is 0 Å². The van der Waals surface area contributed by atoms with Crippen LogP contribution in [0.5, 0.6) is 0 Å². The van der Waals surface area contributed by atoms with Gasteiger partial charge in [-0.3, -0.25) is 4.79 Å². The lowest BCUT2D eigenvalue weighted by Gasteiger charge is -2.17. The van der Waals surface area contributed by atoms with E-state index in [2.05, 4.69) is 5.32 Å². The van der Waals surface area contributed by atoms with Crippen molar-refractivity contribution >= 4 is 5.97 Å². The summed E-state index contributed by atoms with van der Waals surface area (Å²) in [5.41, 5.74) is 0.756. The molecular formula is C13H18FNO2. The molecule has 0 saturated carbocycles. The highest BCUT2D eigenvalue weighted by Gasteiger charge is 2.21. The van der Waals surface area contributed by atoms with Gasteiger partial charge in [0.1, 0.15) is 5.82 Å². The summed E-state index contributed by atoms with van der Waals surface area (Å²) in [5, 5.41) is 3.18. The van der Waals surface area contributed by atoms with Gasteiger partial charge in [0, 0.05) is 12.6 Å². The summed E-state index contributed by atoms with van der Waals surface area (Å²) in [6.07, 6.45) is 0. The van der Waals surface area contributed by atoms with E-state index in [4.69, 9.17) is 4.74 Å². The molecule has 0 amide bonds. The molecule has 1 rings (SSSR count). The van der Waals surface area contributed by atoms with Gasteiger partial charge in [0.05, 0.1) is 13.0 Å². The Morgan fingerprint density at radius 2 is 1.94 bits per heavy atom. The molecule has 1 atom stereocenters. The van der Waals surface area contributed by atoms with Crippen molar-refractivity contribution in [3.63, 3.8) is 0 Å². The molecule has 0 aliphatic rings. The Hall–Kier alpha value is -1.42. The first-order valence-corrected chi connectivity index (χ1v) is 5.61. The number of carbonyl (C=O) groups is 1. The van der Waals surface area contributed by atoms with Crippen molar-refractivity contribution in [3.05, 3.63) is 35.6 Å². The number of hydrogen-bond acceptors (Lipinski definition) is 3. The van der Waals surface area contributed by atoms with Crippen LogP contribution in [-0.4, -0.2) is 25.7 Å². The first-order valence-electron chi connectivity index (χ1n) is 5.61. The van der Waals surface area contributed by atoms with Crippen molar-refractivity contribution in [3.8, 4) is 0 Å². The van der Waals surface area contributed by atoms with E-state index in [1.54, 1.807) is 12.1 Å². The fourth-order valence-electron chi connectivity index (χ4n) is 1.53. The minimum Gasteiger partial charge on any atom is -0.469 e. The normalized spacial score (nSPS) is 12.5. The Morgan fingerprint density at radius 1 is 1.35 bits per heavy atom. The minimum atomic E-state index is -0.400. The molecule has 0 aromatic heterocycles. The quantitative estimate of drug-likeness (QED) is 0.799. The molecule has 3 nitrogen and oxygen atoms in total. The molecule has 0 radical (unpaired) electrons. The number of ether oxygens (including phenoxy) is 1. The highest BCUT2D eigenvalue weighted by molar-refractivity contribution is 5.78. The Bertz CT molecular complexity index is 362. The molecule has 4 heteroatoms.